The Morgan fingerprint density at radius 2 is 1.85 bits per heavy atom. The summed E-state index contributed by atoms with van der Waals surface area (Å²) < 4.78 is 0. The first kappa shape index (κ1) is 18.2. The number of nitro groups is 1. The molecule has 0 saturated carbocycles. The van der Waals surface area contributed by atoms with Crippen molar-refractivity contribution in [2.45, 2.75) is 13.0 Å². The van der Waals surface area contributed by atoms with Crippen LogP contribution in [-0.2, 0) is 0 Å². The SMILES string of the molecule is C[C@H](CO)Nc1nc(Nc2ccc([N+](=O)[O-])cc2)cc(-c2ccncc2)n1. The van der Waals surface area contributed by atoms with Gasteiger partial charge in [0.1, 0.15) is 5.82 Å². The molecule has 0 aliphatic carbocycles. The third-order valence-electron chi connectivity index (χ3n) is 3.70. The third-order valence-corrected chi connectivity index (χ3v) is 3.70. The van der Waals surface area contributed by atoms with E-state index in [0.29, 0.717) is 23.1 Å². The highest BCUT2D eigenvalue weighted by Crippen LogP contribution is 2.24. The molecule has 0 spiro atoms. The summed E-state index contributed by atoms with van der Waals surface area (Å²) in [6.07, 6.45) is 3.34. The molecule has 3 N–H and O–H groups in total. The first-order chi connectivity index (χ1) is 13.0. The molecule has 0 aliphatic heterocycles. The van der Waals surface area contributed by atoms with E-state index >= 15 is 0 Å². The van der Waals surface area contributed by atoms with Crippen molar-refractivity contribution in [3.05, 3.63) is 65.0 Å². The van der Waals surface area contributed by atoms with Crippen molar-refractivity contribution in [1.82, 2.24) is 15.0 Å². The fourth-order valence-corrected chi connectivity index (χ4v) is 2.33. The zero-order valence-corrected chi connectivity index (χ0v) is 14.5. The zero-order valence-electron chi connectivity index (χ0n) is 14.5. The van der Waals surface area contributed by atoms with Crippen molar-refractivity contribution >= 4 is 23.1 Å². The first-order valence-electron chi connectivity index (χ1n) is 8.23. The Kier molecular flexibility index (Phi) is 5.53. The van der Waals surface area contributed by atoms with Crippen molar-refractivity contribution < 1.29 is 10.0 Å². The summed E-state index contributed by atoms with van der Waals surface area (Å²) in [5, 5.41) is 26.2. The van der Waals surface area contributed by atoms with Crippen molar-refractivity contribution in [3.8, 4) is 11.3 Å². The smallest absolute Gasteiger partial charge is 0.269 e. The molecule has 0 radical (unpaired) electrons. The van der Waals surface area contributed by atoms with Gasteiger partial charge in [-0.25, -0.2) is 4.98 Å². The highest BCUT2D eigenvalue weighted by atomic mass is 16.6. The molecule has 0 amide bonds. The summed E-state index contributed by atoms with van der Waals surface area (Å²) in [5.41, 5.74) is 2.20. The van der Waals surface area contributed by atoms with E-state index in [-0.39, 0.29) is 18.3 Å². The summed E-state index contributed by atoms with van der Waals surface area (Å²) in [4.78, 5) is 23.2. The van der Waals surface area contributed by atoms with Gasteiger partial charge in [0.15, 0.2) is 0 Å². The number of aromatic nitrogens is 3. The standard InChI is InChI=1S/C18H18N6O3/c1-12(11-25)20-18-22-16(13-6-8-19-9-7-13)10-17(23-18)21-14-2-4-15(5-3-14)24(26)27/h2-10,12,25H,11H2,1H3,(H2,20,21,22,23)/t12-/m1/s1. The molecule has 0 saturated heterocycles. The average molecular weight is 366 g/mol. The molecule has 3 rings (SSSR count). The maximum atomic E-state index is 10.8. The molecule has 9 heteroatoms. The second kappa shape index (κ2) is 8.19. The van der Waals surface area contributed by atoms with E-state index in [2.05, 4.69) is 25.6 Å². The van der Waals surface area contributed by atoms with Crippen LogP contribution in [0.25, 0.3) is 11.3 Å². The van der Waals surface area contributed by atoms with Gasteiger partial charge in [0.05, 0.1) is 17.2 Å². The lowest BCUT2D eigenvalue weighted by atomic mass is 10.2. The second-order valence-electron chi connectivity index (χ2n) is 5.85. The molecule has 9 nitrogen and oxygen atoms in total. The minimum absolute atomic E-state index is 0.0137. The second-order valence-corrected chi connectivity index (χ2v) is 5.85. The molecular formula is C18H18N6O3. The Balaban J connectivity index is 1.93. The van der Waals surface area contributed by atoms with Gasteiger partial charge in [-0.15, -0.1) is 0 Å². The summed E-state index contributed by atoms with van der Waals surface area (Å²) in [6, 6.07) is 11.3. The monoisotopic (exact) mass is 366 g/mol. The van der Waals surface area contributed by atoms with Gasteiger partial charge in [0, 0.05) is 47.9 Å². The number of nitrogens with one attached hydrogen (secondary N) is 2. The number of anilines is 3. The lowest BCUT2D eigenvalue weighted by molar-refractivity contribution is -0.384. The highest BCUT2D eigenvalue weighted by molar-refractivity contribution is 5.67. The van der Waals surface area contributed by atoms with Gasteiger partial charge in [-0.05, 0) is 31.2 Å². The molecule has 2 aromatic heterocycles. The molecule has 0 bridgehead atoms. The molecule has 1 atom stereocenters. The van der Waals surface area contributed by atoms with Crippen molar-refractivity contribution in [3.63, 3.8) is 0 Å². The van der Waals surface area contributed by atoms with E-state index in [4.69, 9.17) is 0 Å². The van der Waals surface area contributed by atoms with Crippen LogP contribution in [-0.4, -0.2) is 37.6 Å². The quantitative estimate of drug-likeness (QED) is 0.430. The number of pyridine rings is 1. The van der Waals surface area contributed by atoms with Gasteiger partial charge in [-0.1, -0.05) is 0 Å². The number of rotatable bonds is 7. The fraction of sp³-hybridized carbons (Fsp3) is 0.167. The Bertz CT molecular complexity index is 918. The summed E-state index contributed by atoms with van der Waals surface area (Å²) in [5.74, 6) is 0.869. The van der Waals surface area contributed by atoms with Crippen LogP contribution in [0.4, 0.5) is 23.1 Å². The zero-order chi connectivity index (χ0) is 19.2. The van der Waals surface area contributed by atoms with Gasteiger partial charge in [0.25, 0.3) is 5.69 Å². The lowest BCUT2D eigenvalue weighted by Gasteiger charge is -2.14. The Labute approximate surface area is 155 Å². The molecule has 0 fully saturated rings. The number of hydrogen-bond acceptors (Lipinski definition) is 8. The summed E-state index contributed by atoms with van der Waals surface area (Å²) in [6.45, 7) is 1.75. The predicted molar refractivity (Wildman–Crippen MR) is 102 cm³/mol. The third kappa shape index (κ3) is 4.73. The van der Waals surface area contributed by atoms with E-state index in [9.17, 15) is 15.2 Å². The minimum Gasteiger partial charge on any atom is -0.394 e. The molecule has 0 aliphatic rings. The van der Waals surface area contributed by atoms with Crippen LogP contribution >= 0.6 is 0 Å². The van der Waals surface area contributed by atoms with Gasteiger partial charge in [0.2, 0.25) is 5.95 Å². The van der Waals surface area contributed by atoms with Crippen molar-refractivity contribution in [2.75, 3.05) is 17.2 Å². The Hall–Kier alpha value is -3.59. The van der Waals surface area contributed by atoms with Crippen LogP contribution < -0.4 is 10.6 Å². The summed E-state index contributed by atoms with van der Waals surface area (Å²) >= 11 is 0. The average Bonchev–Trinajstić information content (AvgIpc) is 2.69. The van der Waals surface area contributed by atoms with E-state index < -0.39 is 4.92 Å². The van der Waals surface area contributed by atoms with E-state index in [0.717, 1.165) is 5.56 Å². The van der Waals surface area contributed by atoms with Crippen LogP contribution in [0.2, 0.25) is 0 Å². The number of non-ortho nitro benzene ring substituents is 1. The molecule has 138 valence electrons. The Morgan fingerprint density at radius 3 is 2.48 bits per heavy atom. The van der Waals surface area contributed by atoms with Crippen LogP contribution in [0, 0.1) is 10.1 Å². The number of benzene rings is 1. The van der Waals surface area contributed by atoms with Crippen molar-refractivity contribution in [2.24, 2.45) is 0 Å². The molecule has 27 heavy (non-hydrogen) atoms. The van der Waals surface area contributed by atoms with Crippen molar-refractivity contribution in [1.29, 1.82) is 0 Å². The maximum Gasteiger partial charge on any atom is 0.269 e. The lowest BCUT2D eigenvalue weighted by Crippen LogP contribution is -2.21. The maximum absolute atomic E-state index is 10.8. The molecule has 1 aromatic carbocycles. The molecule has 0 unspecified atom stereocenters. The number of hydrogen-bond donors (Lipinski definition) is 3. The van der Waals surface area contributed by atoms with Gasteiger partial charge in [-0.3, -0.25) is 15.1 Å². The molecule has 2 heterocycles. The first-order valence-corrected chi connectivity index (χ1v) is 8.23. The topological polar surface area (TPSA) is 126 Å². The number of aliphatic hydroxyl groups is 1. The van der Waals surface area contributed by atoms with Crippen LogP contribution in [0.1, 0.15) is 6.92 Å². The molecule has 3 aromatic rings. The molecular weight excluding hydrogens is 348 g/mol. The van der Waals surface area contributed by atoms with Gasteiger partial charge < -0.3 is 15.7 Å². The minimum atomic E-state index is -0.450. The van der Waals surface area contributed by atoms with Crippen LogP contribution in [0.5, 0.6) is 0 Å². The van der Waals surface area contributed by atoms with Crippen LogP contribution in [0.15, 0.2) is 54.9 Å². The van der Waals surface area contributed by atoms with Crippen LogP contribution in [0.3, 0.4) is 0 Å². The Morgan fingerprint density at radius 1 is 1.15 bits per heavy atom. The number of nitrogens with zero attached hydrogens (tertiary/aromatic N) is 4. The highest BCUT2D eigenvalue weighted by Gasteiger charge is 2.10. The number of aliphatic hydroxyl groups excluding tert-OH is 1. The van der Waals surface area contributed by atoms with E-state index in [1.807, 2.05) is 19.1 Å². The van der Waals surface area contributed by atoms with E-state index in [1.165, 1.54) is 12.1 Å². The predicted octanol–water partition coefficient (Wildman–Crippen LogP) is 2.98. The normalized spacial score (nSPS) is 11.6. The fourth-order valence-electron chi connectivity index (χ4n) is 2.33. The number of nitro benzene ring substituents is 1. The summed E-state index contributed by atoms with van der Waals surface area (Å²) in [7, 11) is 0. The van der Waals surface area contributed by atoms with E-state index in [1.54, 1.807) is 30.6 Å². The largest absolute Gasteiger partial charge is 0.394 e. The van der Waals surface area contributed by atoms with Gasteiger partial charge in [-0.2, -0.15) is 4.98 Å². The van der Waals surface area contributed by atoms with Gasteiger partial charge >= 0.3 is 0 Å².